The number of aryl methyl sites for hydroxylation is 2. The number of aliphatic hydroxyl groups excluding tert-OH is 1. The van der Waals surface area contributed by atoms with Crippen molar-refractivity contribution in [2.45, 2.75) is 26.5 Å². The van der Waals surface area contributed by atoms with Gasteiger partial charge in [-0.25, -0.2) is 9.97 Å². The Morgan fingerprint density at radius 3 is 2.48 bits per heavy atom. The molecule has 1 amide bonds. The maximum Gasteiger partial charge on any atom is 0.257 e. The van der Waals surface area contributed by atoms with Crippen LogP contribution in [0.4, 0.5) is 0 Å². The molecule has 0 unspecified atom stereocenters. The van der Waals surface area contributed by atoms with Crippen molar-refractivity contribution >= 4 is 5.91 Å². The van der Waals surface area contributed by atoms with Crippen LogP contribution >= 0.6 is 0 Å². The van der Waals surface area contributed by atoms with Gasteiger partial charge in [0.25, 0.3) is 5.91 Å². The molecule has 27 heavy (non-hydrogen) atoms. The number of hydrogen-bond acceptors (Lipinski definition) is 5. The number of amides is 1. The van der Waals surface area contributed by atoms with Crippen LogP contribution < -0.4 is 0 Å². The van der Waals surface area contributed by atoms with E-state index in [4.69, 9.17) is 0 Å². The van der Waals surface area contributed by atoms with Crippen LogP contribution in [0.5, 0.6) is 0 Å². The van der Waals surface area contributed by atoms with E-state index >= 15 is 0 Å². The molecular weight excluding hydrogens is 340 g/mol. The first-order valence-electron chi connectivity index (χ1n) is 8.76. The normalized spacial score (nSPS) is 11.8. The second-order valence-electron chi connectivity index (χ2n) is 6.38. The molecule has 138 valence electrons. The summed E-state index contributed by atoms with van der Waals surface area (Å²) in [5, 5.41) is 10.6. The molecule has 0 bridgehead atoms. The molecule has 0 aliphatic rings. The molecule has 1 N–H and O–H groups in total. The number of pyridine rings is 1. The van der Waals surface area contributed by atoms with Crippen molar-refractivity contribution in [3.63, 3.8) is 0 Å². The van der Waals surface area contributed by atoms with E-state index in [1.807, 2.05) is 42.5 Å². The van der Waals surface area contributed by atoms with Crippen molar-refractivity contribution in [2.75, 3.05) is 6.54 Å². The van der Waals surface area contributed by atoms with Gasteiger partial charge in [0.15, 0.2) is 0 Å². The Hall–Kier alpha value is -3.12. The minimum Gasteiger partial charge on any atom is -0.387 e. The van der Waals surface area contributed by atoms with Gasteiger partial charge in [0, 0.05) is 25.1 Å². The zero-order chi connectivity index (χ0) is 19.2. The van der Waals surface area contributed by atoms with Gasteiger partial charge in [-0.3, -0.25) is 9.78 Å². The number of hydrogen-bond donors (Lipinski definition) is 1. The van der Waals surface area contributed by atoms with Crippen LogP contribution in [0.1, 0.15) is 39.1 Å². The zero-order valence-electron chi connectivity index (χ0n) is 15.4. The monoisotopic (exact) mass is 362 g/mol. The highest BCUT2D eigenvalue weighted by atomic mass is 16.3. The molecule has 1 atom stereocenters. The lowest BCUT2D eigenvalue weighted by Gasteiger charge is -2.26. The zero-order valence-corrected chi connectivity index (χ0v) is 15.4. The maximum atomic E-state index is 13.2. The number of aromatic nitrogens is 3. The lowest BCUT2D eigenvalue weighted by molar-refractivity contribution is 0.0602. The average Bonchev–Trinajstić information content (AvgIpc) is 2.68. The number of benzene rings is 1. The van der Waals surface area contributed by atoms with E-state index in [0.717, 1.165) is 11.1 Å². The summed E-state index contributed by atoms with van der Waals surface area (Å²) in [7, 11) is 0. The summed E-state index contributed by atoms with van der Waals surface area (Å²) in [6.07, 6.45) is 4.13. The number of carbonyl (C=O) groups is 1. The predicted octanol–water partition coefficient (Wildman–Crippen LogP) is 2.86. The molecule has 2 heterocycles. The van der Waals surface area contributed by atoms with E-state index in [-0.39, 0.29) is 12.5 Å². The molecule has 0 aliphatic heterocycles. The highest BCUT2D eigenvalue weighted by Gasteiger charge is 2.22. The number of aliphatic hydroxyl groups is 1. The maximum absolute atomic E-state index is 13.2. The average molecular weight is 362 g/mol. The smallest absolute Gasteiger partial charge is 0.257 e. The second kappa shape index (κ2) is 8.51. The molecule has 1 aromatic carbocycles. The van der Waals surface area contributed by atoms with E-state index in [1.165, 1.54) is 0 Å². The molecule has 0 saturated carbocycles. The Morgan fingerprint density at radius 2 is 1.81 bits per heavy atom. The van der Waals surface area contributed by atoms with Gasteiger partial charge in [0.1, 0.15) is 5.82 Å². The van der Waals surface area contributed by atoms with Crippen LogP contribution in [0.25, 0.3) is 0 Å². The van der Waals surface area contributed by atoms with Gasteiger partial charge < -0.3 is 10.0 Å². The van der Waals surface area contributed by atoms with Crippen molar-refractivity contribution in [1.29, 1.82) is 0 Å². The van der Waals surface area contributed by atoms with E-state index in [9.17, 15) is 9.90 Å². The Morgan fingerprint density at radius 1 is 1.11 bits per heavy atom. The van der Waals surface area contributed by atoms with Crippen molar-refractivity contribution in [3.8, 4) is 0 Å². The fourth-order valence-electron chi connectivity index (χ4n) is 2.88. The van der Waals surface area contributed by atoms with Crippen molar-refractivity contribution in [1.82, 2.24) is 19.9 Å². The van der Waals surface area contributed by atoms with Gasteiger partial charge in [0.2, 0.25) is 0 Å². The molecular formula is C21H22N4O2. The Balaban J connectivity index is 1.88. The second-order valence-corrected chi connectivity index (χ2v) is 6.38. The first kappa shape index (κ1) is 18.7. The summed E-state index contributed by atoms with van der Waals surface area (Å²) in [5.41, 5.74) is 2.77. The van der Waals surface area contributed by atoms with E-state index < -0.39 is 6.10 Å². The van der Waals surface area contributed by atoms with E-state index in [2.05, 4.69) is 15.0 Å². The largest absolute Gasteiger partial charge is 0.387 e. The van der Waals surface area contributed by atoms with Gasteiger partial charge in [-0.15, -0.1) is 0 Å². The Bertz CT molecular complexity index is 901. The number of carbonyl (C=O) groups excluding carboxylic acids is 1. The van der Waals surface area contributed by atoms with Crippen LogP contribution in [0.3, 0.4) is 0 Å². The van der Waals surface area contributed by atoms with E-state index in [1.54, 1.807) is 37.3 Å². The Labute approximate surface area is 158 Å². The molecule has 3 aromatic rings. The molecule has 0 saturated heterocycles. The van der Waals surface area contributed by atoms with Gasteiger partial charge >= 0.3 is 0 Å². The highest BCUT2D eigenvalue weighted by molar-refractivity contribution is 5.94. The van der Waals surface area contributed by atoms with Crippen molar-refractivity contribution < 1.29 is 9.90 Å². The minimum absolute atomic E-state index is 0.165. The fourth-order valence-corrected chi connectivity index (χ4v) is 2.88. The summed E-state index contributed by atoms with van der Waals surface area (Å²) in [6, 6.07) is 13.0. The quantitative estimate of drug-likeness (QED) is 0.729. The van der Waals surface area contributed by atoms with Crippen LogP contribution in [0.2, 0.25) is 0 Å². The summed E-state index contributed by atoms with van der Waals surface area (Å²) >= 11 is 0. The van der Waals surface area contributed by atoms with Crippen LogP contribution in [-0.2, 0) is 6.54 Å². The fraction of sp³-hybridized carbons (Fsp3) is 0.238. The van der Waals surface area contributed by atoms with E-state index in [0.29, 0.717) is 23.6 Å². The number of rotatable bonds is 6. The van der Waals surface area contributed by atoms with Gasteiger partial charge in [-0.2, -0.15) is 0 Å². The first-order valence-corrected chi connectivity index (χ1v) is 8.76. The third-order valence-corrected chi connectivity index (χ3v) is 4.32. The Kier molecular flexibility index (Phi) is 5.88. The molecule has 6 heteroatoms. The van der Waals surface area contributed by atoms with Crippen LogP contribution in [0.15, 0.2) is 61.1 Å². The lowest BCUT2D eigenvalue weighted by Crippen LogP contribution is -2.35. The minimum atomic E-state index is -0.788. The van der Waals surface area contributed by atoms with Gasteiger partial charge in [-0.1, -0.05) is 30.3 Å². The molecule has 0 radical (unpaired) electrons. The summed E-state index contributed by atoms with van der Waals surface area (Å²) in [5.74, 6) is 0.411. The van der Waals surface area contributed by atoms with Crippen LogP contribution in [-0.4, -0.2) is 37.4 Å². The predicted molar refractivity (Wildman–Crippen MR) is 102 cm³/mol. The van der Waals surface area contributed by atoms with Crippen molar-refractivity contribution in [2.24, 2.45) is 0 Å². The third-order valence-electron chi connectivity index (χ3n) is 4.32. The molecule has 2 aromatic heterocycles. The van der Waals surface area contributed by atoms with Gasteiger partial charge in [-0.05, 0) is 37.1 Å². The summed E-state index contributed by atoms with van der Waals surface area (Å²) in [6.45, 7) is 4.10. The molecule has 0 spiro atoms. The molecule has 6 nitrogen and oxygen atoms in total. The molecule has 0 aliphatic carbocycles. The summed E-state index contributed by atoms with van der Waals surface area (Å²) in [4.78, 5) is 27.2. The topological polar surface area (TPSA) is 79.2 Å². The molecule has 3 rings (SSSR count). The van der Waals surface area contributed by atoms with Gasteiger partial charge in [0.05, 0.1) is 23.9 Å². The first-order chi connectivity index (χ1) is 13.0. The lowest BCUT2D eigenvalue weighted by atomic mass is 10.1. The van der Waals surface area contributed by atoms with Crippen molar-refractivity contribution in [3.05, 3.63) is 89.3 Å². The summed E-state index contributed by atoms with van der Waals surface area (Å²) < 4.78 is 0. The SMILES string of the molecule is Cc1ncc(C(=O)N(Cc2ccncc2)C[C@@H](O)c2ccccc2)c(C)n1. The van der Waals surface area contributed by atoms with Crippen LogP contribution in [0, 0.1) is 13.8 Å². The highest BCUT2D eigenvalue weighted by Crippen LogP contribution is 2.18. The molecule has 0 fully saturated rings. The third kappa shape index (κ3) is 4.74. The number of nitrogens with zero attached hydrogens (tertiary/aromatic N) is 4. The standard InChI is InChI=1S/C21H22N4O2/c1-15-19(12-23-16(2)24-15)21(27)25(13-17-8-10-22-11-9-17)14-20(26)18-6-4-3-5-7-18/h3-12,20,26H,13-14H2,1-2H3/t20-/m1/s1.